The first kappa shape index (κ1) is 17.3. The molecule has 1 amide bonds. The van der Waals surface area contributed by atoms with Gasteiger partial charge in [0.1, 0.15) is 5.60 Å². The number of nitrogens with zero attached hydrogens (tertiary/aromatic N) is 1. The molecule has 0 saturated carbocycles. The van der Waals surface area contributed by atoms with Crippen LogP contribution in [0.3, 0.4) is 0 Å². The summed E-state index contributed by atoms with van der Waals surface area (Å²) in [6.45, 7) is 10.5. The highest BCUT2D eigenvalue weighted by molar-refractivity contribution is 9.10. The van der Waals surface area contributed by atoms with Crippen LogP contribution in [0.25, 0.3) is 0 Å². The molecular formula is C17H25BrN2O2. The number of nitrogens with one attached hydrogen (secondary N) is 1. The monoisotopic (exact) mass is 368 g/mol. The van der Waals surface area contributed by atoms with Crippen molar-refractivity contribution in [1.82, 2.24) is 10.2 Å². The molecule has 0 radical (unpaired) electrons. The van der Waals surface area contributed by atoms with Crippen LogP contribution in [0, 0.1) is 6.92 Å². The second-order valence-corrected chi connectivity index (χ2v) is 7.80. The number of halogens is 1. The van der Waals surface area contributed by atoms with E-state index in [0.717, 1.165) is 30.5 Å². The van der Waals surface area contributed by atoms with E-state index in [4.69, 9.17) is 4.74 Å². The fourth-order valence-corrected chi connectivity index (χ4v) is 2.99. The normalized spacial score (nSPS) is 19.2. The largest absolute Gasteiger partial charge is 0.444 e. The Balaban J connectivity index is 1.82. The highest BCUT2D eigenvalue weighted by Crippen LogP contribution is 2.20. The molecule has 0 spiro atoms. The zero-order chi connectivity index (χ0) is 16.3. The molecule has 4 nitrogen and oxygen atoms in total. The van der Waals surface area contributed by atoms with Crippen LogP contribution in [0.4, 0.5) is 4.79 Å². The summed E-state index contributed by atoms with van der Waals surface area (Å²) in [7, 11) is 0. The van der Waals surface area contributed by atoms with E-state index in [0.29, 0.717) is 0 Å². The third-order valence-corrected chi connectivity index (χ3v) is 4.49. The average molecular weight is 369 g/mol. The molecule has 5 heteroatoms. The Morgan fingerprint density at radius 3 is 2.82 bits per heavy atom. The molecule has 1 aliphatic rings. The van der Waals surface area contributed by atoms with Gasteiger partial charge in [-0.1, -0.05) is 28.1 Å². The van der Waals surface area contributed by atoms with Crippen molar-refractivity contribution < 1.29 is 9.53 Å². The number of alkyl carbamates (subject to hydrolysis) is 1. The van der Waals surface area contributed by atoms with Gasteiger partial charge in [-0.3, -0.25) is 4.90 Å². The summed E-state index contributed by atoms with van der Waals surface area (Å²) in [6, 6.07) is 6.63. The number of hydrogen-bond donors (Lipinski definition) is 1. The molecule has 1 fully saturated rings. The molecule has 0 aliphatic carbocycles. The van der Waals surface area contributed by atoms with Gasteiger partial charge in [-0.25, -0.2) is 4.79 Å². The molecular weight excluding hydrogens is 344 g/mol. The summed E-state index contributed by atoms with van der Waals surface area (Å²) in [5.41, 5.74) is 2.08. The standard InChI is InChI=1S/C17H25BrN2O2/c1-12-5-6-13(9-15(12)18)10-20-8-7-14(11-20)19-16(21)22-17(2,3)4/h5-6,9,14H,7-8,10-11H2,1-4H3,(H,19,21). The maximum Gasteiger partial charge on any atom is 0.407 e. The van der Waals surface area contributed by atoms with E-state index in [1.165, 1.54) is 11.1 Å². The van der Waals surface area contributed by atoms with Crippen molar-refractivity contribution in [2.75, 3.05) is 13.1 Å². The molecule has 1 N–H and O–H groups in total. The molecule has 1 saturated heterocycles. The fourth-order valence-electron chi connectivity index (χ4n) is 2.56. The minimum absolute atomic E-state index is 0.170. The Labute approximate surface area is 141 Å². The van der Waals surface area contributed by atoms with Crippen LogP contribution in [0.5, 0.6) is 0 Å². The number of amides is 1. The first-order valence-corrected chi connectivity index (χ1v) is 8.49. The first-order valence-electron chi connectivity index (χ1n) is 7.70. The first-order chi connectivity index (χ1) is 10.2. The molecule has 1 unspecified atom stereocenters. The molecule has 1 atom stereocenters. The van der Waals surface area contributed by atoms with Gasteiger partial charge in [0.15, 0.2) is 0 Å². The number of likely N-dealkylation sites (tertiary alicyclic amines) is 1. The predicted molar refractivity (Wildman–Crippen MR) is 91.9 cm³/mol. The van der Waals surface area contributed by atoms with E-state index >= 15 is 0 Å². The van der Waals surface area contributed by atoms with Crippen LogP contribution in [0.15, 0.2) is 22.7 Å². The second-order valence-electron chi connectivity index (χ2n) is 6.95. The topological polar surface area (TPSA) is 41.6 Å². The third kappa shape index (κ3) is 5.29. The molecule has 22 heavy (non-hydrogen) atoms. The third-order valence-electron chi connectivity index (χ3n) is 3.64. The quantitative estimate of drug-likeness (QED) is 0.880. The minimum atomic E-state index is -0.448. The Kier molecular flexibility index (Phi) is 5.50. The fraction of sp³-hybridized carbons (Fsp3) is 0.588. The Bertz CT molecular complexity index is 540. The highest BCUT2D eigenvalue weighted by Gasteiger charge is 2.26. The van der Waals surface area contributed by atoms with Gasteiger partial charge in [0, 0.05) is 30.1 Å². The lowest BCUT2D eigenvalue weighted by Gasteiger charge is -2.22. The lowest BCUT2D eigenvalue weighted by Crippen LogP contribution is -2.40. The summed E-state index contributed by atoms with van der Waals surface area (Å²) in [5, 5.41) is 2.96. The maximum atomic E-state index is 11.8. The zero-order valence-corrected chi connectivity index (χ0v) is 15.4. The number of hydrogen-bond acceptors (Lipinski definition) is 3. The van der Waals surface area contributed by atoms with Gasteiger partial charge in [-0.15, -0.1) is 0 Å². The van der Waals surface area contributed by atoms with Crippen molar-refractivity contribution >= 4 is 22.0 Å². The van der Waals surface area contributed by atoms with Crippen molar-refractivity contribution in [3.63, 3.8) is 0 Å². The Morgan fingerprint density at radius 1 is 1.45 bits per heavy atom. The summed E-state index contributed by atoms with van der Waals surface area (Å²) < 4.78 is 6.45. The van der Waals surface area contributed by atoms with Crippen molar-refractivity contribution in [2.45, 2.75) is 52.3 Å². The predicted octanol–water partition coefficient (Wildman–Crippen LogP) is 3.86. The molecule has 122 valence electrons. The number of carbonyl (C=O) groups is 1. The number of ether oxygens (including phenoxy) is 1. The van der Waals surface area contributed by atoms with Crippen molar-refractivity contribution in [2.24, 2.45) is 0 Å². The number of aryl methyl sites for hydroxylation is 1. The van der Waals surface area contributed by atoms with Crippen molar-refractivity contribution in [3.05, 3.63) is 33.8 Å². The highest BCUT2D eigenvalue weighted by atomic mass is 79.9. The summed E-state index contributed by atoms with van der Waals surface area (Å²) in [6.07, 6.45) is 0.643. The van der Waals surface area contributed by atoms with Crippen LogP contribution in [0.2, 0.25) is 0 Å². The Hall–Kier alpha value is -1.07. The Morgan fingerprint density at radius 2 is 2.18 bits per heavy atom. The van der Waals surface area contributed by atoms with Crippen LogP contribution in [-0.4, -0.2) is 35.7 Å². The lowest BCUT2D eigenvalue weighted by atomic mass is 10.1. The van der Waals surface area contributed by atoms with Crippen LogP contribution in [-0.2, 0) is 11.3 Å². The van der Waals surface area contributed by atoms with Gasteiger partial charge in [0.05, 0.1) is 0 Å². The molecule has 0 aromatic heterocycles. The van der Waals surface area contributed by atoms with E-state index in [2.05, 4.69) is 51.3 Å². The number of carbonyl (C=O) groups excluding carboxylic acids is 1. The van der Waals surface area contributed by atoms with Crippen LogP contribution >= 0.6 is 15.9 Å². The number of benzene rings is 1. The van der Waals surface area contributed by atoms with Crippen molar-refractivity contribution in [1.29, 1.82) is 0 Å². The minimum Gasteiger partial charge on any atom is -0.444 e. The zero-order valence-electron chi connectivity index (χ0n) is 13.8. The van der Waals surface area contributed by atoms with Crippen LogP contribution < -0.4 is 5.32 Å². The summed E-state index contributed by atoms with van der Waals surface area (Å²) in [4.78, 5) is 14.2. The summed E-state index contributed by atoms with van der Waals surface area (Å²) >= 11 is 3.58. The maximum absolute atomic E-state index is 11.8. The lowest BCUT2D eigenvalue weighted by molar-refractivity contribution is 0.0506. The van der Waals surface area contributed by atoms with Gasteiger partial charge >= 0.3 is 6.09 Å². The van der Waals surface area contributed by atoms with Gasteiger partial charge in [-0.05, 0) is 51.3 Å². The van der Waals surface area contributed by atoms with E-state index in [-0.39, 0.29) is 12.1 Å². The SMILES string of the molecule is Cc1ccc(CN2CCC(NC(=O)OC(C)(C)C)C2)cc1Br. The smallest absolute Gasteiger partial charge is 0.407 e. The molecule has 1 aliphatic heterocycles. The van der Waals surface area contributed by atoms with Gasteiger partial charge in [-0.2, -0.15) is 0 Å². The average Bonchev–Trinajstić information content (AvgIpc) is 2.78. The van der Waals surface area contributed by atoms with E-state index in [1.807, 2.05) is 20.8 Å². The van der Waals surface area contributed by atoms with Crippen LogP contribution in [0.1, 0.15) is 38.3 Å². The second kappa shape index (κ2) is 7.01. The molecule has 2 rings (SSSR count). The van der Waals surface area contributed by atoms with Crippen molar-refractivity contribution in [3.8, 4) is 0 Å². The molecule has 1 aromatic rings. The van der Waals surface area contributed by atoms with E-state index in [9.17, 15) is 4.79 Å². The molecule has 1 heterocycles. The van der Waals surface area contributed by atoms with E-state index in [1.54, 1.807) is 0 Å². The van der Waals surface area contributed by atoms with Gasteiger partial charge in [0.25, 0.3) is 0 Å². The van der Waals surface area contributed by atoms with Gasteiger partial charge in [0.2, 0.25) is 0 Å². The molecule has 0 bridgehead atoms. The number of rotatable bonds is 3. The summed E-state index contributed by atoms with van der Waals surface area (Å²) in [5.74, 6) is 0. The molecule has 1 aromatic carbocycles. The van der Waals surface area contributed by atoms with E-state index < -0.39 is 5.60 Å². The van der Waals surface area contributed by atoms with Gasteiger partial charge < -0.3 is 10.1 Å².